The van der Waals surface area contributed by atoms with Crippen molar-refractivity contribution in [3.63, 3.8) is 0 Å². The van der Waals surface area contributed by atoms with E-state index >= 15 is 0 Å². The summed E-state index contributed by atoms with van der Waals surface area (Å²) in [6.45, 7) is 16.6. The van der Waals surface area contributed by atoms with Crippen molar-refractivity contribution in [3.05, 3.63) is 29.8 Å². The molecule has 1 unspecified atom stereocenters. The largest absolute Gasteiger partial charge is 0.430 e. The monoisotopic (exact) mass is 592 g/mol. The van der Waals surface area contributed by atoms with Crippen molar-refractivity contribution in [2.75, 3.05) is 52.4 Å². The van der Waals surface area contributed by atoms with Gasteiger partial charge in [0.1, 0.15) is 5.75 Å². The van der Waals surface area contributed by atoms with E-state index in [0.717, 1.165) is 64.7 Å². The van der Waals surface area contributed by atoms with Gasteiger partial charge in [-0.15, -0.1) is 0 Å². The summed E-state index contributed by atoms with van der Waals surface area (Å²) in [6, 6.07) is 8.64. The first kappa shape index (κ1) is 27.3. The Labute approximate surface area is 235 Å². The van der Waals surface area contributed by atoms with E-state index in [1.54, 1.807) is 0 Å². The minimum atomic E-state index is -2.78. The number of hydrogen-bond donors (Lipinski definition) is 0. The molecule has 39 heavy (non-hydrogen) atoms. The van der Waals surface area contributed by atoms with Crippen LogP contribution in [-0.4, -0.2) is 81.2 Å². The summed E-state index contributed by atoms with van der Waals surface area (Å²) in [7, 11) is -7.57. The molecule has 0 aromatic heterocycles. The molecule has 6 heterocycles. The van der Waals surface area contributed by atoms with Gasteiger partial charge in [0, 0.05) is 70.0 Å². The first-order chi connectivity index (χ1) is 18.8. The molecule has 12 heteroatoms. The zero-order valence-electron chi connectivity index (χ0n) is 24.2. The highest BCUT2D eigenvalue weighted by Crippen LogP contribution is 2.84. The Morgan fingerprint density at radius 3 is 1.51 bits per heavy atom. The summed E-state index contributed by atoms with van der Waals surface area (Å²) in [4.78, 5) is 0. The Bertz CT molecular complexity index is 1180. The maximum atomic E-state index is 7.34. The molecule has 7 rings (SSSR count). The fraction of sp³-hybridized carbons (Fsp3) is 0.778. The minimum Gasteiger partial charge on any atom is -0.430 e. The molecule has 0 bridgehead atoms. The number of rotatable bonds is 4. The maximum Gasteiger partial charge on any atom is 0.334 e. The average molecular weight is 593 g/mol. The molecule has 6 aliphatic rings. The molecule has 1 aromatic carbocycles. The standard InChI is InChI=1S/C27H47N8OP3/c1-27(2,3)35-24-25-14-4-5-15-26(25)36-39(35)29-37(31-16-6-7-17-31,32-18-8-9-19-32)28-38(30-39,33-20-10-11-21-33)34-22-12-13-23-34/h4-5,14-15H,6-13,16-24H2,1-3H3. The molecule has 0 amide bonds. The maximum absolute atomic E-state index is 7.34. The molecule has 0 aliphatic carbocycles. The van der Waals surface area contributed by atoms with E-state index in [1.165, 1.54) is 56.9 Å². The van der Waals surface area contributed by atoms with Gasteiger partial charge in [-0.3, -0.25) is 0 Å². The first-order valence-corrected chi connectivity index (χ1v) is 20.1. The summed E-state index contributed by atoms with van der Waals surface area (Å²) in [5.41, 5.74) is 1.12. The Kier molecular flexibility index (Phi) is 7.26. The van der Waals surface area contributed by atoms with Crippen molar-refractivity contribution < 1.29 is 4.52 Å². The Morgan fingerprint density at radius 2 is 1.05 bits per heavy atom. The van der Waals surface area contributed by atoms with Crippen molar-refractivity contribution in [2.45, 2.75) is 84.2 Å². The van der Waals surface area contributed by atoms with Gasteiger partial charge in [0.15, 0.2) is 0 Å². The number of hydrogen-bond acceptors (Lipinski definition) is 9. The van der Waals surface area contributed by atoms with Crippen LogP contribution >= 0.6 is 22.6 Å². The second kappa shape index (κ2) is 10.3. The molecule has 6 aliphatic heterocycles. The normalized spacial score (nSPS) is 32.1. The van der Waals surface area contributed by atoms with E-state index in [1.807, 2.05) is 0 Å². The highest BCUT2D eigenvalue weighted by atomic mass is 31.3. The van der Waals surface area contributed by atoms with Crippen LogP contribution < -0.4 is 4.52 Å². The molecule has 1 aromatic rings. The molecule has 0 radical (unpaired) electrons. The smallest absolute Gasteiger partial charge is 0.334 e. The molecular formula is C27H47N8OP3. The zero-order chi connectivity index (χ0) is 26.7. The van der Waals surface area contributed by atoms with Gasteiger partial charge in [-0.1, -0.05) is 18.2 Å². The van der Waals surface area contributed by atoms with Gasteiger partial charge in [0.25, 0.3) is 0 Å². The molecule has 1 spiro atoms. The molecule has 0 N–H and O–H groups in total. The number of benzene rings is 1. The van der Waals surface area contributed by atoms with E-state index in [4.69, 9.17) is 18.1 Å². The molecular weight excluding hydrogens is 545 g/mol. The van der Waals surface area contributed by atoms with Gasteiger partial charge in [-0.05, 0) is 78.2 Å². The fourth-order valence-corrected chi connectivity index (χ4v) is 22.7. The van der Waals surface area contributed by atoms with Gasteiger partial charge in [0.05, 0.1) is 0 Å². The average Bonchev–Trinajstić information content (AvgIpc) is 3.75. The van der Waals surface area contributed by atoms with Crippen LogP contribution in [0.4, 0.5) is 0 Å². The van der Waals surface area contributed by atoms with E-state index in [-0.39, 0.29) is 5.54 Å². The Balaban J connectivity index is 1.57. The quantitative estimate of drug-likeness (QED) is 0.331. The van der Waals surface area contributed by atoms with Crippen LogP contribution in [0.15, 0.2) is 37.8 Å². The van der Waals surface area contributed by atoms with E-state index in [9.17, 15) is 0 Å². The lowest BCUT2D eigenvalue weighted by atomic mass is 10.1. The molecule has 4 fully saturated rings. The van der Waals surface area contributed by atoms with Crippen molar-refractivity contribution in [1.29, 1.82) is 0 Å². The second-order valence-corrected chi connectivity index (χ2v) is 21.2. The predicted molar refractivity (Wildman–Crippen MR) is 164 cm³/mol. The van der Waals surface area contributed by atoms with E-state index < -0.39 is 22.6 Å². The highest BCUT2D eigenvalue weighted by molar-refractivity contribution is 7.82. The Morgan fingerprint density at radius 1 is 0.615 bits per heavy atom. The van der Waals surface area contributed by atoms with Crippen molar-refractivity contribution >= 4 is 22.6 Å². The summed E-state index contributed by atoms with van der Waals surface area (Å²) in [5, 5.41) is 0. The molecule has 9 nitrogen and oxygen atoms in total. The zero-order valence-corrected chi connectivity index (χ0v) is 26.8. The van der Waals surface area contributed by atoms with Crippen LogP contribution in [0.25, 0.3) is 0 Å². The lowest BCUT2D eigenvalue weighted by Gasteiger charge is -2.51. The van der Waals surface area contributed by atoms with Crippen LogP contribution in [-0.2, 0) is 6.54 Å². The fourth-order valence-electron chi connectivity index (χ4n) is 7.13. The molecule has 0 saturated carbocycles. The summed E-state index contributed by atoms with van der Waals surface area (Å²) >= 11 is 0. The van der Waals surface area contributed by atoms with Gasteiger partial charge in [-0.25, -0.2) is 23.4 Å². The van der Waals surface area contributed by atoms with Crippen molar-refractivity contribution in [1.82, 2.24) is 23.4 Å². The third-order valence-electron chi connectivity index (χ3n) is 9.16. The van der Waals surface area contributed by atoms with Gasteiger partial charge < -0.3 is 4.52 Å². The van der Waals surface area contributed by atoms with Gasteiger partial charge in [-0.2, -0.15) is 13.5 Å². The predicted octanol–water partition coefficient (Wildman–Crippen LogP) is 7.91. The van der Waals surface area contributed by atoms with Crippen LogP contribution in [0.1, 0.15) is 77.7 Å². The van der Waals surface area contributed by atoms with Gasteiger partial charge in [0.2, 0.25) is 15.0 Å². The number of fused-ring (bicyclic) bond motifs is 1. The summed E-state index contributed by atoms with van der Waals surface area (Å²) in [5.74, 6) is 0.989. The highest BCUT2D eigenvalue weighted by Gasteiger charge is 2.55. The molecule has 1 atom stereocenters. The SMILES string of the molecule is CC(C)(C)N1Cc2ccccc2OP12=NP(N1CCCC1)(N1CCCC1)=NP(N1CCCC1)(N1CCCC1)=N2. The van der Waals surface area contributed by atoms with Gasteiger partial charge >= 0.3 is 7.58 Å². The summed E-state index contributed by atoms with van der Waals surface area (Å²) in [6.07, 6.45) is 9.96. The lowest BCUT2D eigenvalue weighted by Crippen LogP contribution is -2.42. The van der Waals surface area contributed by atoms with Crippen LogP contribution in [0.3, 0.4) is 0 Å². The lowest BCUT2D eigenvalue weighted by molar-refractivity contribution is 0.222. The minimum absolute atomic E-state index is 0.136. The van der Waals surface area contributed by atoms with E-state index in [0.29, 0.717) is 0 Å². The summed E-state index contributed by atoms with van der Waals surface area (Å²) < 4.78 is 39.2. The topological polar surface area (TPSA) is 62.5 Å². The third kappa shape index (κ3) is 4.59. The van der Waals surface area contributed by atoms with Crippen molar-refractivity contribution in [3.8, 4) is 5.75 Å². The second-order valence-electron chi connectivity index (χ2n) is 12.9. The van der Waals surface area contributed by atoms with Crippen LogP contribution in [0, 0.1) is 0 Å². The Hall–Kier alpha value is -0.490. The number of para-hydroxylation sites is 1. The van der Waals surface area contributed by atoms with Crippen LogP contribution in [0.2, 0.25) is 0 Å². The van der Waals surface area contributed by atoms with Crippen LogP contribution in [0.5, 0.6) is 5.75 Å². The number of nitrogens with zero attached hydrogens (tertiary/aromatic N) is 8. The molecule has 4 saturated heterocycles. The van der Waals surface area contributed by atoms with Crippen molar-refractivity contribution in [2.24, 2.45) is 13.5 Å². The third-order valence-corrected chi connectivity index (χ3v) is 21.3. The molecule has 216 valence electrons. The van der Waals surface area contributed by atoms with E-state index in [2.05, 4.69) is 68.4 Å². The first-order valence-electron chi connectivity index (χ1n) is 15.3.